The fourth-order valence-electron chi connectivity index (χ4n) is 10.0. The van der Waals surface area contributed by atoms with E-state index in [0.717, 1.165) is 57.8 Å². The zero-order chi connectivity index (χ0) is 47.1. The fourth-order valence-corrected chi connectivity index (χ4v) is 10.9. The zero-order valence-electron chi connectivity index (χ0n) is 39.5. The van der Waals surface area contributed by atoms with Crippen molar-refractivity contribution >= 4 is 46.1 Å². The molecule has 0 aliphatic carbocycles. The average molecular weight is 928 g/mol. The summed E-state index contributed by atoms with van der Waals surface area (Å²) < 4.78 is 19.8. The Bertz CT molecular complexity index is 2450. The Labute approximate surface area is 390 Å². The number of aliphatic hydroxyl groups is 1. The molecular weight excluding hydrogens is 863 g/mol. The second-order valence-corrected chi connectivity index (χ2v) is 20.2. The van der Waals surface area contributed by atoms with Gasteiger partial charge >= 0.3 is 12.0 Å². The summed E-state index contributed by atoms with van der Waals surface area (Å²) in [5.74, 6) is -2.28. The number of hydrazine groups is 1. The smallest absolute Gasteiger partial charge is 0.355 e. The van der Waals surface area contributed by atoms with Crippen LogP contribution in [-0.2, 0) is 48.0 Å². The third-order valence-electron chi connectivity index (χ3n) is 13.6. The Morgan fingerprint density at radius 2 is 1.94 bits per heavy atom. The van der Waals surface area contributed by atoms with Crippen LogP contribution in [0.2, 0.25) is 0 Å². The molecule has 5 atom stereocenters. The highest BCUT2D eigenvalue weighted by Gasteiger charge is 2.46. The number of rotatable bonds is 8. The molecule has 18 heteroatoms. The van der Waals surface area contributed by atoms with Crippen LogP contribution in [0.15, 0.2) is 41.9 Å². The Hall–Kier alpha value is -4.98. The molecule has 3 fully saturated rings. The molecule has 3 saturated heterocycles. The number of urea groups is 1. The van der Waals surface area contributed by atoms with Gasteiger partial charge in [-0.25, -0.2) is 14.6 Å². The highest BCUT2D eigenvalue weighted by Crippen LogP contribution is 2.42. The number of amides is 4. The van der Waals surface area contributed by atoms with Crippen molar-refractivity contribution < 1.29 is 38.5 Å². The van der Waals surface area contributed by atoms with Crippen molar-refractivity contribution in [1.82, 2.24) is 45.0 Å². The molecule has 0 saturated carbocycles. The quantitative estimate of drug-likeness (QED) is 0.209. The van der Waals surface area contributed by atoms with Gasteiger partial charge in [-0.2, -0.15) is 5.43 Å². The SMILES string of the molecule is CCn1c(-c2cccnc2[C@H](C)OC)c2c3cc(ccc31)-c1csc(n1)C[C@H](NC(=O)[C@H](C(C)C)N(C)C(=O)N1CCN3CCOC[C@@H]3C1)C(=O)N1CCC[C@@](O)(N1)C(=O)OCC(C)(C)C2. The number of piperazine rings is 1. The molecule has 8 rings (SSSR count). The number of esters is 1. The second kappa shape index (κ2) is 19.3. The number of methoxy groups -OCH3 is 1. The number of benzene rings is 1. The van der Waals surface area contributed by atoms with Crippen molar-refractivity contribution in [3.8, 4) is 22.5 Å². The molecule has 3 aromatic heterocycles. The number of carbonyl (C=O) groups is 4. The molecule has 4 amide bonds. The molecule has 4 aliphatic heterocycles. The number of aryl methyl sites for hydroxylation is 1. The third kappa shape index (κ3) is 9.45. The maximum Gasteiger partial charge on any atom is 0.355 e. The van der Waals surface area contributed by atoms with E-state index in [0.29, 0.717) is 44.3 Å². The first-order chi connectivity index (χ1) is 31.5. The highest BCUT2D eigenvalue weighted by atomic mass is 32.1. The first-order valence-electron chi connectivity index (χ1n) is 23.2. The van der Waals surface area contributed by atoms with Crippen LogP contribution < -0.4 is 10.7 Å². The first-order valence-corrected chi connectivity index (χ1v) is 24.1. The van der Waals surface area contributed by atoms with E-state index in [1.807, 2.05) is 46.1 Å². The summed E-state index contributed by atoms with van der Waals surface area (Å²) in [6.07, 6.45) is 2.30. The van der Waals surface area contributed by atoms with Crippen molar-refractivity contribution in [3.05, 3.63) is 58.2 Å². The molecule has 0 unspecified atom stereocenters. The van der Waals surface area contributed by atoms with E-state index in [-0.39, 0.29) is 56.5 Å². The van der Waals surface area contributed by atoms with Gasteiger partial charge in [-0.1, -0.05) is 33.8 Å². The third-order valence-corrected chi connectivity index (χ3v) is 14.4. The second-order valence-electron chi connectivity index (χ2n) is 19.3. The summed E-state index contributed by atoms with van der Waals surface area (Å²) in [4.78, 5) is 72.7. The number of pyridine rings is 1. The maximum absolute atomic E-state index is 14.7. The number of carbonyl (C=O) groups excluding carboxylic acids is 4. The Kier molecular flexibility index (Phi) is 13.9. The monoisotopic (exact) mass is 927 g/mol. The molecular formula is C48H65N9O8S. The summed E-state index contributed by atoms with van der Waals surface area (Å²) in [5.41, 5.74) is 6.37. The van der Waals surface area contributed by atoms with Gasteiger partial charge in [0, 0.05) is 105 Å². The number of hydrogen-bond donors (Lipinski definition) is 3. The van der Waals surface area contributed by atoms with Gasteiger partial charge < -0.3 is 39.0 Å². The topological polar surface area (TPSA) is 184 Å². The summed E-state index contributed by atoms with van der Waals surface area (Å²) >= 11 is 1.38. The van der Waals surface area contributed by atoms with Gasteiger partial charge in [0.15, 0.2) is 0 Å². The number of hydrogen-bond acceptors (Lipinski definition) is 13. The van der Waals surface area contributed by atoms with Crippen LogP contribution >= 0.6 is 11.3 Å². The number of nitrogens with one attached hydrogen (secondary N) is 2. The van der Waals surface area contributed by atoms with Crippen molar-refractivity contribution in [2.75, 3.05) is 66.7 Å². The van der Waals surface area contributed by atoms with Gasteiger partial charge in [-0.05, 0) is 62.4 Å². The van der Waals surface area contributed by atoms with Crippen LogP contribution in [0.25, 0.3) is 33.4 Å². The van der Waals surface area contributed by atoms with E-state index in [2.05, 4.69) is 51.4 Å². The number of likely N-dealkylation sites (N-methyl/N-ethyl adjacent to an activating group) is 1. The first kappa shape index (κ1) is 47.5. The Morgan fingerprint density at radius 1 is 1.14 bits per heavy atom. The van der Waals surface area contributed by atoms with Crippen LogP contribution in [0, 0.1) is 11.3 Å². The van der Waals surface area contributed by atoms with E-state index in [1.165, 1.54) is 21.2 Å². The van der Waals surface area contributed by atoms with Crippen molar-refractivity contribution in [3.63, 3.8) is 0 Å². The van der Waals surface area contributed by atoms with Crippen molar-refractivity contribution in [2.45, 2.75) is 104 Å². The zero-order valence-corrected chi connectivity index (χ0v) is 40.3. The van der Waals surface area contributed by atoms with Crippen molar-refractivity contribution in [1.29, 1.82) is 0 Å². The number of ether oxygens (including phenoxy) is 3. The van der Waals surface area contributed by atoms with Crippen LogP contribution in [0.1, 0.15) is 76.8 Å². The van der Waals surface area contributed by atoms with Gasteiger partial charge in [-0.15, -0.1) is 11.3 Å². The minimum absolute atomic E-state index is 0.00482. The Balaban J connectivity index is 1.16. The van der Waals surface area contributed by atoms with Gasteiger partial charge in [0.05, 0.1) is 54.1 Å². The van der Waals surface area contributed by atoms with Crippen LogP contribution in [0.4, 0.5) is 4.79 Å². The van der Waals surface area contributed by atoms with E-state index in [9.17, 15) is 24.3 Å². The molecule has 4 aliphatic rings. The normalized spacial score (nSPS) is 23.8. The predicted octanol–water partition coefficient (Wildman–Crippen LogP) is 4.62. The van der Waals surface area contributed by atoms with Gasteiger partial charge in [0.1, 0.15) is 12.1 Å². The molecule has 0 spiro atoms. The summed E-state index contributed by atoms with van der Waals surface area (Å²) in [6, 6.07) is 8.03. The van der Waals surface area contributed by atoms with E-state index in [4.69, 9.17) is 24.2 Å². The largest absolute Gasteiger partial charge is 0.462 e. The standard InChI is InChI=1S/C48H65N9O8S/c1-9-56-38-14-13-31-22-34(38)35(42(56)33-12-10-16-49-40(33)30(4)63-8)24-47(5,6)28-65-45(60)48(62)15-11-17-57(52-48)44(59)36(23-39-50-37(31)27-66-39)51-43(58)41(29(2)3)53(7)46(61)55-19-18-54-20-21-64-26-32(54)25-55/h10,12-14,16,22,27,29-30,32,36,41,52,62H,9,11,15,17-21,23-26,28H2,1-8H3,(H,51,58)/t30-,32-,36-,41-,48-/m0/s1. The van der Waals surface area contributed by atoms with Crippen molar-refractivity contribution in [2.24, 2.45) is 11.3 Å². The molecule has 356 valence electrons. The molecule has 4 aromatic rings. The van der Waals surface area contributed by atoms with Crippen LogP contribution in [0.3, 0.4) is 0 Å². The summed E-state index contributed by atoms with van der Waals surface area (Å²) in [6.45, 7) is 16.5. The van der Waals surface area contributed by atoms with Gasteiger partial charge in [0.2, 0.25) is 11.6 Å². The molecule has 1 aromatic carbocycles. The van der Waals surface area contributed by atoms with E-state index < -0.39 is 41.0 Å². The number of nitrogens with zero attached hydrogens (tertiary/aromatic N) is 7. The molecule has 66 heavy (non-hydrogen) atoms. The fraction of sp³-hybridized carbons (Fsp3) is 0.583. The van der Waals surface area contributed by atoms with Gasteiger partial charge in [-0.3, -0.25) is 24.5 Å². The summed E-state index contributed by atoms with van der Waals surface area (Å²) in [5, 5.41) is 19.6. The number of fused-ring (bicyclic) bond motifs is 7. The number of thiazole rings is 1. The molecule has 7 heterocycles. The lowest BCUT2D eigenvalue weighted by Gasteiger charge is -2.45. The number of morpholine rings is 1. The lowest BCUT2D eigenvalue weighted by Crippen LogP contribution is -2.67. The predicted molar refractivity (Wildman–Crippen MR) is 250 cm³/mol. The molecule has 17 nitrogen and oxygen atoms in total. The van der Waals surface area contributed by atoms with E-state index in [1.54, 1.807) is 25.3 Å². The minimum atomic E-state index is -2.21. The van der Waals surface area contributed by atoms with Crippen LogP contribution in [-0.4, -0.2) is 154 Å². The Morgan fingerprint density at radius 3 is 2.70 bits per heavy atom. The number of aromatic nitrogens is 3. The van der Waals surface area contributed by atoms with Crippen LogP contribution in [0.5, 0.6) is 0 Å². The molecule has 3 N–H and O–H groups in total. The summed E-state index contributed by atoms with van der Waals surface area (Å²) in [7, 11) is 3.30. The lowest BCUT2D eigenvalue weighted by molar-refractivity contribution is -0.189. The average Bonchev–Trinajstić information content (AvgIpc) is 3.90. The highest BCUT2D eigenvalue weighted by molar-refractivity contribution is 7.10. The van der Waals surface area contributed by atoms with E-state index >= 15 is 0 Å². The molecule has 6 bridgehead atoms. The lowest BCUT2D eigenvalue weighted by atomic mass is 9.84. The minimum Gasteiger partial charge on any atom is -0.462 e. The number of cyclic esters (lactones) is 1. The maximum atomic E-state index is 14.7. The molecule has 0 radical (unpaired) electrons. The van der Waals surface area contributed by atoms with Gasteiger partial charge in [0.25, 0.3) is 5.91 Å².